The van der Waals surface area contributed by atoms with Gasteiger partial charge in [0.1, 0.15) is 25.0 Å². The number of methoxy groups -OCH3 is 1. The van der Waals surface area contributed by atoms with Crippen molar-refractivity contribution in [3.63, 3.8) is 0 Å². The molecule has 1 unspecified atom stereocenters. The van der Waals surface area contributed by atoms with Gasteiger partial charge in [-0.15, -0.1) is 0 Å². The first-order valence-corrected chi connectivity index (χ1v) is 8.81. The first kappa shape index (κ1) is 18.4. The first-order valence-electron chi connectivity index (χ1n) is 6.27. The topological polar surface area (TPSA) is 86.2 Å². The largest absolute Gasteiger partial charge is 0.497 e. The number of nitrogens with one attached hydrogen (secondary N) is 1. The van der Waals surface area contributed by atoms with Gasteiger partial charge in [-0.2, -0.15) is 8.42 Å². The Morgan fingerprint density at radius 1 is 1.35 bits per heavy atom. The van der Waals surface area contributed by atoms with Gasteiger partial charge in [0.2, 0.25) is 3.79 Å². The predicted octanol–water partition coefficient (Wildman–Crippen LogP) is 2.34. The van der Waals surface area contributed by atoms with E-state index in [1.165, 1.54) is 0 Å². The van der Waals surface area contributed by atoms with E-state index in [0.717, 1.165) is 5.56 Å². The van der Waals surface area contributed by atoms with Crippen molar-refractivity contribution in [3.05, 3.63) is 29.8 Å². The number of benzene rings is 1. The van der Waals surface area contributed by atoms with Gasteiger partial charge in [-0.3, -0.25) is 0 Å². The fourth-order valence-corrected chi connectivity index (χ4v) is 2.78. The molecule has 23 heavy (non-hydrogen) atoms. The van der Waals surface area contributed by atoms with Gasteiger partial charge in [0.25, 0.3) is 0 Å². The van der Waals surface area contributed by atoms with Gasteiger partial charge < -0.3 is 9.47 Å². The summed E-state index contributed by atoms with van der Waals surface area (Å²) in [5, 5.41) is 0. The molecule has 7 nitrogen and oxygen atoms in total. The third-order valence-corrected chi connectivity index (χ3v) is 3.92. The second-order valence-corrected chi connectivity index (χ2v) is 8.33. The Balaban J connectivity index is 1.99. The number of amidine groups is 1. The number of nitrogens with zero attached hydrogens (tertiary/aromatic N) is 1. The minimum atomic E-state index is -4.19. The zero-order valence-electron chi connectivity index (χ0n) is 11.8. The minimum Gasteiger partial charge on any atom is -0.497 e. The monoisotopic (exact) mass is 402 g/mol. The van der Waals surface area contributed by atoms with Crippen LogP contribution in [0.3, 0.4) is 0 Å². The summed E-state index contributed by atoms with van der Waals surface area (Å²) in [7, 11) is -2.63. The fraction of sp³-hybridized carbons (Fsp3) is 0.417. The average molecular weight is 404 g/mol. The number of hydrogen-bond acceptors (Lipinski definition) is 6. The number of hydrogen-bond donors (Lipinski definition) is 1. The zero-order chi connectivity index (χ0) is 17.1. The molecule has 0 radical (unpaired) electrons. The molecule has 0 spiro atoms. The summed E-state index contributed by atoms with van der Waals surface area (Å²) in [6, 6.07) is 6.65. The molecule has 1 aliphatic rings. The third kappa shape index (κ3) is 5.89. The second kappa shape index (κ2) is 7.31. The highest BCUT2D eigenvalue weighted by Gasteiger charge is 2.28. The lowest BCUT2D eigenvalue weighted by Crippen LogP contribution is -2.34. The number of halogens is 3. The summed E-state index contributed by atoms with van der Waals surface area (Å²) in [6.07, 6.45) is 0. The predicted molar refractivity (Wildman–Crippen MR) is 87.4 cm³/mol. The Bertz CT molecular complexity index is 673. The molecule has 1 N–H and O–H groups in total. The van der Waals surface area contributed by atoms with E-state index in [1.54, 1.807) is 19.2 Å². The summed E-state index contributed by atoms with van der Waals surface area (Å²) >= 11 is 16.3. The molecule has 1 aromatic carbocycles. The first-order chi connectivity index (χ1) is 10.7. The van der Waals surface area contributed by atoms with Crippen molar-refractivity contribution in [2.75, 3.05) is 20.3 Å². The molecule has 1 aromatic rings. The lowest BCUT2D eigenvalue weighted by Gasteiger charge is -2.11. The molecule has 1 atom stereocenters. The maximum absolute atomic E-state index is 11.7. The zero-order valence-corrected chi connectivity index (χ0v) is 14.9. The van der Waals surface area contributed by atoms with Gasteiger partial charge in [0.15, 0.2) is 0 Å². The van der Waals surface area contributed by atoms with Gasteiger partial charge >= 0.3 is 16.3 Å². The summed E-state index contributed by atoms with van der Waals surface area (Å²) in [5.74, 6) is 0.706. The van der Waals surface area contributed by atoms with E-state index in [4.69, 9.17) is 44.3 Å². The Hall–Kier alpha value is -0.930. The summed E-state index contributed by atoms with van der Waals surface area (Å²) < 4.78 is 38.3. The molecule has 0 amide bonds. The molecule has 128 valence electrons. The molecule has 1 aliphatic heterocycles. The van der Waals surface area contributed by atoms with Crippen LogP contribution in [0.25, 0.3) is 0 Å². The van der Waals surface area contributed by atoms with Gasteiger partial charge in [-0.1, -0.05) is 46.9 Å². The maximum atomic E-state index is 11.7. The molecule has 11 heteroatoms. The van der Waals surface area contributed by atoms with Crippen molar-refractivity contribution in [1.82, 2.24) is 4.72 Å². The molecule has 2 rings (SSSR count). The number of rotatable bonds is 5. The van der Waals surface area contributed by atoms with Crippen molar-refractivity contribution >= 4 is 51.1 Å². The van der Waals surface area contributed by atoms with Gasteiger partial charge in [0, 0.05) is 0 Å². The molecule has 1 heterocycles. The van der Waals surface area contributed by atoms with E-state index in [-0.39, 0.29) is 18.7 Å². The molecular formula is C12H13Cl3N2O5S. The van der Waals surface area contributed by atoms with Gasteiger partial charge in [0.05, 0.1) is 7.11 Å². The van der Waals surface area contributed by atoms with Crippen LogP contribution in [0.5, 0.6) is 5.75 Å². The molecule has 0 bridgehead atoms. The second-order valence-electron chi connectivity index (χ2n) is 4.47. The van der Waals surface area contributed by atoms with Crippen LogP contribution in [0.1, 0.15) is 11.6 Å². The summed E-state index contributed by atoms with van der Waals surface area (Å²) in [5.41, 5.74) is 0.849. The normalized spacial score (nSPS) is 18.3. The van der Waals surface area contributed by atoms with Crippen molar-refractivity contribution in [2.45, 2.75) is 9.83 Å². The van der Waals surface area contributed by atoms with Crippen LogP contribution in [0.15, 0.2) is 29.3 Å². The van der Waals surface area contributed by atoms with E-state index in [0.29, 0.717) is 5.75 Å². The highest BCUT2D eigenvalue weighted by atomic mass is 35.6. The Kier molecular flexibility index (Phi) is 5.85. The van der Waals surface area contributed by atoms with Crippen LogP contribution in [0.2, 0.25) is 0 Å². The highest BCUT2D eigenvalue weighted by molar-refractivity contribution is 7.85. The standard InChI is InChI=1S/C12H13Cl3N2O5S/c1-20-9-4-2-8(3-5-9)10-6-21-11(16-10)17-23(18,19)22-7-12(13,14)15/h2-5,10H,6-7H2,1H3,(H,16,17). The Morgan fingerprint density at radius 3 is 2.57 bits per heavy atom. The molecule has 0 aliphatic carbocycles. The molecule has 0 saturated carbocycles. The Labute approximate surface area is 148 Å². The van der Waals surface area contributed by atoms with E-state index in [9.17, 15) is 8.42 Å². The van der Waals surface area contributed by atoms with Crippen LogP contribution in [-0.2, 0) is 19.2 Å². The molecule has 0 saturated heterocycles. The van der Waals surface area contributed by atoms with E-state index in [1.807, 2.05) is 16.9 Å². The van der Waals surface area contributed by atoms with E-state index in [2.05, 4.69) is 9.18 Å². The number of ether oxygens (including phenoxy) is 2. The van der Waals surface area contributed by atoms with Crippen molar-refractivity contribution < 1.29 is 22.1 Å². The quantitative estimate of drug-likeness (QED) is 0.763. The smallest absolute Gasteiger partial charge is 0.363 e. The molecular weight excluding hydrogens is 391 g/mol. The summed E-state index contributed by atoms with van der Waals surface area (Å²) in [6.45, 7) is -0.448. The van der Waals surface area contributed by atoms with Crippen LogP contribution >= 0.6 is 34.8 Å². The minimum absolute atomic E-state index is 0.185. The van der Waals surface area contributed by atoms with Gasteiger partial charge in [-0.25, -0.2) is 13.9 Å². The van der Waals surface area contributed by atoms with Crippen molar-refractivity contribution in [2.24, 2.45) is 4.99 Å². The lowest BCUT2D eigenvalue weighted by atomic mass is 10.1. The summed E-state index contributed by atoms with van der Waals surface area (Å²) in [4.78, 5) is 4.13. The number of alkyl halides is 3. The van der Waals surface area contributed by atoms with Crippen molar-refractivity contribution in [3.8, 4) is 5.75 Å². The van der Waals surface area contributed by atoms with Crippen LogP contribution in [-0.4, -0.2) is 38.6 Å². The highest BCUT2D eigenvalue weighted by Crippen LogP contribution is 2.27. The van der Waals surface area contributed by atoms with Crippen molar-refractivity contribution in [1.29, 1.82) is 0 Å². The Morgan fingerprint density at radius 2 is 2.00 bits per heavy atom. The van der Waals surface area contributed by atoms with Crippen LogP contribution < -0.4 is 9.46 Å². The molecule has 0 fully saturated rings. The third-order valence-electron chi connectivity index (χ3n) is 2.74. The average Bonchev–Trinajstić information content (AvgIpc) is 2.92. The maximum Gasteiger partial charge on any atom is 0.363 e. The number of aliphatic imine (C=N–C) groups is 1. The van der Waals surface area contributed by atoms with E-state index < -0.39 is 20.7 Å². The lowest BCUT2D eigenvalue weighted by molar-refractivity contribution is 0.299. The van der Waals surface area contributed by atoms with Crippen LogP contribution in [0, 0.1) is 0 Å². The van der Waals surface area contributed by atoms with Crippen LogP contribution in [0.4, 0.5) is 0 Å². The fourth-order valence-electron chi connectivity index (χ4n) is 1.71. The molecule has 0 aromatic heterocycles. The van der Waals surface area contributed by atoms with E-state index >= 15 is 0 Å². The SMILES string of the molecule is COc1ccc(C2COC(NS(=O)(=O)OCC(Cl)(Cl)Cl)=N2)cc1. The van der Waals surface area contributed by atoms with Gasteiger partial charge in [-0.05, 0) is 17.7 Å².